The van der Waals surface area contributed by atoms with Gasteiger partial charge in [-0.15, -0.1) is 0 Å². The molecular formula is C14H19N. The van der Waals surface area contributed by atoms with Crippen LogP contribution in [0, 0.1) is 0 Å². The number of rotatable bonds is 2. The topological polar surface area (TPSA) is 3.24 Å². The molecule has 1 aliphatic heterocycles. The number of hydrogen-bond donors (Lipinski definition) is 0. The second kappa shape index (κ2) is 4.63. The van der Waals surface area contributed by atoms with Gasteiger partial charge in [0, 0.05) is 18.6 Å². The van der Waals surface area contributed by atoms with Crippen LogP contribution in [0.2, 0.25) is 0 Å². The summed E-state index contributed by atoms with van der Waals surface area (Å²) in [6.07, 6.45) is 5.79. The minimum absolute atomic E-state index is 0.564. The molecule has 1 nitrogen and oxygen atoms in total. The Bertz CT molecular complexity index is 328. The predicted octanol–water partition coefficient (Wildman–Crippen LogP) is 3.23. The average Bonchev–Trinajstić information content (AvgIpc) is 2.25. The molecule has 0 amide bonds. The lowest BCUT2D eigenvalue weighted by Gasteiger charge is -2.35. The van der Waals surface area contributed by atoms with Crippen LogP contribution >= 0.6 is 0 Å². The van der Waals surface area contributed by atoms with Crippen molar-refractivity contribution in [3.8, 4) is 0 Å². The lowest BCUT2D eigenvalue weighted by molar-refractivity contribution is 0.162. The van der Waals surface area contributed by atoms with Gasteiger partial charge in [-0.05, 0) is 25.8 Å². The lowest BCUT2D eigenvalue weighted by atomic mass is 10.0. The third-order valence-corrected chi connectivity index (χ3v) is 3.19. The van der Waals surface area contributed by atoms with Crippen molar-refractivity contribution >= 4 is 0 Å². The number of benzene rings is 1. The molecule has 2 rings (SSSR count). The largest absolute Gasteiger partial charge is 0.290 e. The second-order valence-corrected chi connectivity index (χ2v) is 4.41. The number of nitrogens with zero attached hydrogens (tertiary/aromatic N) is 1. The van der Waals surface area contributed by atoms with Crippen molar-refractivity contribution in [2.75, 3.05) is 0 Å². The molecule has 0 spiro atoms. The second-order valence-electron chi connectivity index (χ2n) is 4.41. The summed E-state index contributed by atoms with van der Waals surface area (Å²) in [6.45, 7) is 5.64. The molecule has 1 aromatic carbocycles. The Labute approximate surface area is 92.4 Å². The zero-order chi connectivity index (χ0) is 10.7. The van der Waals surface area contributed by atoms with E-state index in [2.05, 4.69) is 61.2 Å². The van der Waals surface area contributed by atoms with Crippen molar-refractivity contribution in [3.63, 3.8) is 0 Å². The Hall–Kier alpha value is -1.08. The normalized spacial score (nSPS) is 26.8. The van der Waals surface area contributed by atoms with Gasteiger partial charge in [-0.2, -0.15) is 0 Å². The molecule has 0 aliphatic carbocycles. The predicted molar refractivity (Wildman–Crippen MR) is 64.7 cm³/mol. The summed E-state index contributed by atoms with van der Waals surface area (Å²) in [7, 11) is 0. The maximum Gasteiger partial charge on any atom is 0.0256 e. The van der Waals surface area contributed by atoms with Crippen LogP contribution in [0.1, 0.15) is 25.8 Å². The summed E-state index contributed by atoms with van der Waals surface area (Å²) in [5.74, 6) is 0. The van der Waals surface area contributed by atoms with Crippen LogP contribution < -0.4 is 0 Å². The van der Waals surface area contributed by atoms with Crippen molar-refractivity contribution < 1.29 is 0 Å². The highest BCUT2D eigenvalue weighted by Gasteiger charge is 2.20. The van der Waals surface area contributed by atoms with Crippen molar-refractivity contribution in [1.82, 2.24) is 4.90 Å². The summed E-state index contributed by atoms with van der Waals surface area (Å²) in [4.78, 5) is 2.55. The standard InChI is InChI=1S/C14H19N/c1-12-7-6-8-13(2)15(12)11-14-9-4-3-5-10-14/h3-7,9-10,12-13H,8,11H2,1-2H3/t12-,13-/m1/s1. The van der Waals surface area contributed by atoms with Gasteiger partial charge >= 0.3 is 0 Å². The zero-order valence-electron chi connectivity index (χ0n) is 9.56. The van der Waals surface area contributed by atoms with Crippen molar-refractivity contribution in [2.45, 2.75) is 38.9 Å². The monoisotopic (exact) mass is 201 g/mol. The first-order valence-corrected chi connectivity index (χ1v) is 5.73. The van der Waals surface area contributed by atoms with Gasteiger partial charge < -0.3 is 0 Å². The molecule has 0 unspecified atom stereocenters. The summed E-state index contributed by atoms with van der Waals surface area (Å²) in [5, 5.41) is 0. The Kier molecular flexibility index (Phi) is 3.22. The lowest BCUT2D eigenvalue weighted by Crippen LogP contribution is -2.40. The van der Waals surface area contributed by atoms with E-state index >= 15 is 0 Å². The van der Waals surface area contributed by atoms with E-state index in [0.717, 1.165) is 6.54 Å². The molecule has 15 heavy (non-hydrogen) atoms. The van der Waals surface area contributed by atoms with Crippen LogP contribution in [0.25, 0.3) is 0 Å². The minimum atomic E-state index is 0.564. The molecule has 2 atom stereocenters. The van der Waals surface area contributed by atoms with Gasteiger partial charge in [0.25, 0.3) is 0 Å². The van der Waals surface area contributed by atoms with Crippen molar-refractivity contribution in [1.29, 1.82) is 0 Å². The van der Waals surface area contributed by atoms with E-state index in [4.69, 9.17) is 0 Å². The molecule has 80 valence electrons. The van der Waals surface area contributed by atoms with Gasteiger partial charge in [-0.3, -0.25) is 4.90 Å². The fourth-order valence-corrected chi connectivity index (χ4v) is 2.21. The highest BCUT2D eigenvalue weighted by molar-refractivity contribution is 5.15. The van der Waals surface area contributed by atoms with E-state index in [9.17, 15) is 0 Å². The number of hydrogen-bond acceptors (Lipinski definition) is 1. The van der Waals surface area contributed by atoms with Gasteiger partial charge in [-0.1, -0.05) is 42.5 Å². The summed E-state index contributed by atoms with van der Waals surface area (Å²) in [5.41, 5.74) is 1.41. The molecule has 0 fully saturated rings. The highest BCUT2D eigenvalue weighted by Crippen LogP contribution is 2.19. The highest BCUT2D eigenvalue weighted by atomic mass is 15.2. The van der Waals surface area contributed by atoms with Gasteiger partial charge in [0.2, 0.25) is 0 Å². The molecule has 0 saturated heterocycles. The quantitative estimate of drug-likeness (QED) is 0.664. The fourth-order valence-electron chi connectivity index (χ4n) is 2.21. The Morgan fingerprint density at radius 3 is 2.60 bits per heavy atom. The van der Waals surface area contributed by atoms with Crippen molar-refractivity contribution in [3.05, 3.63) is 48.0 Å². The zero-order valence-corrected chi connectivity index (χ0v) is 9.56. The maximum absolute atomic E-state index is 2.55. The third kappa shape index (κ3) is 2.48. The first-order valence-electron chi connectivity index (χ1n) is 5.73. The van der Waals surface area contributed by atoms with Crippen LogP contribution in [0.5, 0.6) is 0 Å². The van der Waals surface area contributed by atoms with E-state index < -0.39 is 0 Å². The SMILES string of the molecule is C[C@@H]1C=CC[C@@H](C)N1Cc1ccccc1. The van der Waals surface area contributed by atoms with Gasteiger partial charge in [0.1, 0.15) is 0 Å². The molecule has 0 N–H and O–H groups in total. The smallest absolute Gasteiger partial charge is 0.0256 e. The van der Waals surface area contributed by atoms with Crippen LogP contribution in [-0.4, -0.2) is 17.0 Å². The fraction of sp³-hybridized carbons (Fsp3) is 0.429. The first-order chi connectivity index (χ1) is 7.27. The van der Waals surface area contributed by atoms with Crippen LogP contribution in [0.3, 0.4) is 0 Å². The van der Waals surface area contributed by atoms with Gasteiger partial charge in [0.05, 0.1) is 0 Å². The molecule has 1 heteroatoms. The molecule has 0 bridgehead atoms. The summed E-state index contributed by atoms with van der Waals surface area (Å²) in [6, 6.07) is 11.9. The molecule has 1 aliphatic rings. The third-order valence-electron chi connectivity index (χ3n) is 3.19. The van der Waals surface area contributed by atoms with Crippen LogP contribution in [0.15, 0.2) is 42.5 Å². The molecule has 1 heterocycles. The van der Waals surface area contributed by atoms with E-state index in [-0.39, 0.29) is 0 Å². The molecular weight excluding hydrogens is 182 g/mol. The average molecular weight is 201 g/mol. The van der Waals surface area contributed by atoms with E-state index in [1.165, 1.54) is 12.0 Å². The van der Waals surface area contributed by atoms with Crippen molar-refractivity contribution in [2.24, 2.45) is 0 Å². The van der Waals surface area contributed by atoms with Gasteiger partial charge in [-0.25, -0.2) is 0 Å². The molecule has 0 saturated carbocycles. The van der Waals surface area contributed by atoms with E-state index in [1.54, 1.807) is 0 Å². The molecule has 1 aromatic rings. The van der Waals surface area contributed by atoms with Crippen LogP contribution in [0.4, 0.5) is 0 Å². The Morgan fingerprint density at radius 2 is 1.93 bits per heavy atom. The Balaban J connectivity index is 2.08. The van der Waals surface area contributed by atoms with E-state index in [1.807, 2.05) is 0 Å². The Morgan fingerprint density at radius 1 is 1.20 bits per heavy atom. The first kappa shape index (κ1) is 10.4. The maximum atomic E-state index is 2.55. The molecule has 0 radical (unpaired) electrons. The minimum Gasteiger partial charge on any atom is -0.290 e. The van der Waals surface area contributed by atoms with Crippen LogP contribution in [-0.2, 0) is 6.54 Å². The van der Waals surface area contributed by atoms with Gasteiger partial charge in [0.15, 0.2) is 0 Å². The summed E-state index contributed by atoms with van der Waals surface area (Å²) < 4.78 is 0. The summed E-state index contributed by atoms with van der Waals surface area (Å²) >= 11 is 0. The van der Waals surface area contributed by atoms with E-state index in [0.29, 0.717) is 12.1 Å². The molecule has 0 aromatic heterocycles.